The molecule has 0 radical (unpaired) electrons. The summed E-state index contributed by atoms with van der Waals surface area (Å²) in [4.78, 5) is 13.8. The molecule has 104 valence electrons. The van der Waals surface area contributed by atoms with Crippen molar-refractivity contribution in [3.8, 4) is 5.75 Å². The van der Waals surface area contributed by atoms with E-state index in [0.29, 0.717) is 0 Å². The second kappa shape index (κ2) is 5.47. The van der Waals surface area contributed by atoms with Crippen molar-refractivity contribution in [3.63, 3.8) is 0 Å². The number of hydrogen-bond acceptors (Lipinski definition) is 5. The highest BCUT2D eigenvalue weighted by atomic mass is 19.1. The molecule has 6 nitrogen and oxygen atoms in total. The molecule has 0 spiro atoms. The van der Waals surface area contributed by atoms with Crippen LogP contribution in [-0.2, 0) is 0 Å². The molecule has 8 heteroatoms. The van der Waals surface area contributed by atoms with Crippen molar-refractivity contribution in [1.82, 2.24) is 4.98 Å². The number of nitrogens with zero attached hydrogens (tertiary/aromatic N) is 2. The minimum atomic E-state index is -0.888. The fourth-order valence-electron chi connectivity index (χ4n) is 1.58. The Labute approximate surface area is 112 Å². The van der Waals surface area contributed by atoms with Crippen molar-refractivity contribution in [2.45, 2.75) is 0 Å². The Morgan fingerprint density at radius 3 is 2.50 bits per heavy atom. The summed E-state index contributed by atoms with van der Waals surface area (Å²) in [6.07, 6.45) is 1.22. The van der Waals surface area contributed by atoms with Crippen LogP contribution in [0.4, 0.5) is 26.0 Å². The van der Waals surface area contributed by atoms with Gasteiger partial charge in [-0.3, -0.25) is 10.1 Å². The second-order valence-electron chi connectivity index (χ2n) is 3.75. The van der Waals surface area contributed by atoms with Gasteiger partial charge in [-0.1, -0.05) is 0 Å². The number of pyridine rings is 1. The van der Waals surface area contributed by atoms with E-state index in [9.17, 15) is 18.9 Å². The molecular formula is C12H9F2N3O3. The molecule has 0 unspecified atom stereocenters. The van der Waals surface area contributed by atoms with Crippen molar-refractivity contribution in [2.75, 3.05) is 12.4 Å². The van der Waals surface area contributed by atoms with Crippen LogP contribution in [-0.4, -0.2) is 17.0 Å². The van der Waals surface area contributed by atoms with Crippen LogP contribution in [0.5, 0.6) is 5.75 Å². The third kappa shape index (κ3) is 2.79. The fraction of sp³-hybridized carbons (Fsp3) is 0.0833. The molecular weight excluding hydrogens is 272 g/mol. The van der Waals surface area contributed by atoms with Crippen LogP contribution in [0.2, 0.25) is 0 Å². The summed E-state index contributed by atoms with van der Waals surface area (Å²) < 4.78 is 31.5. The minimum Gasteiger partial charge on any atom is -0.491 e. The Bertz CT molecular complexity index is 641. The third-order valence-electron chi connectivity index (χ3n) is 2.43. The smallest absolute Gasteiger partial charge is 0.274 e. The molecule has 20 heavy (non-hydrogen) atoms. The number of benzene rings is 1. The first-order valence-electron chi connectivity index (χ1n) is 5.41. The lowest BCUT2D eigenvalue weighted by atomic mass is 10.2. The lowest BCUT2D eigenvalue weighted by molar-refractivity contribution is -0.384. The summed E-state index contributed by atoms with van der Waals surface area (Å²) >= 11 is 0. The standard InChI is InChI=1S/C12H9F2N3O3/c1-20-12-9(13)4-7(5-10(12)14)16-11-6-8(17(18)19)2-3-15-11/h2-6H,1H3,(H,15,16). The number of nitrogens with one attached hydrogen (secondary N) is 1. The van der Waals surface area contributed by atoms with Gasteiger partial charge in [0.05, 0.1) is 18.1 Å². The zero-order valence-corrected chi connectivity index (χ0v) is 10.3. The van der Waals surface area contributed by atoms with Gasteiger partial charge < -0.3 is 10.1 Å². The van der Waals surface area contributed by atoms with Crippen molar-refractivity contribution < 1.29 is 18.4 Å². The van der Waals surface area contributed by atoms with E-state index < -0.39 is 22.3 Å². The molecule has 0 atom stereocenters. The molecule has 0 bridgehead atoms. The van der Waals surface area contributed by atoms with Gasteiger partial charge in [0.1, 0.15) is 5.82 Å². The third-order valence-corrected chi connectivity index (χ3v) is 2.43. The number of nitro groups is 1. The number of aromatic nitrogens is 1. The molecule has 1 aromatic heterocycles. The number of anilines is 2. The van der Waals surface area contributed by atoms with E-state index in [1.54, 1.807) is 0 Å². The molecule has 1 N–H and O–H groups in total. The predicted octanol–water partition coefficient (Wildman–Crippen LogP) is 3.02. The largest absolute Gasteiger partial charge is 0.491 e. The molecule has 1 aromatic carbocycles. The maximum absolute atomic E-state index is 13.5. The number of hydrogen-bond donors (Lipinski definition) is 1. The van der Waals surface area contributed by atoms with E-state index in [4.69, 9.17) is 0 Å². The molecule has 0 aliphatic rings. The first-order valence-corrected chi connectivity index (χ1v) is 5.41. The van der Waals surface area contributed by atoms with E-state index >= 15 is 0 Å². The van der Waals surface area contributed by atoms with Gasteiger partial charge in [0.2, 0.25) is 0 Å². The van der Waals surface area contributed by atoms with Crippen molar-refractivity contribution in [1.29, 1.82) is 0 Å². The Morgan fingerprint density at radius 1 is 1.30 bits per heavy atom. The molecule has 2 rings (SSSR count). The summed E-state index contributed by atoms with van der Waals surface area (Å²) in [5.74, 6) is -2.17. The molecule has 0 saturated heterocycles. The van der Waals surface area contributed by atoms with E-state index in [2.05, 4.69) is 15.0 Å². The molecule has 2 aromatic rings. The first-order chi connectivity index (χ1) is 9.51. The lowest BCUT2D eigenvalue weighted by Gasteiger charge is -2.08. The normalized spacial score (nSPS) is 10.2. The molecule has 0 aliphatic carbocycles. The van der Waals surface area contributed by atoms with Gasteiger partial charge >= 0.3 is 0 Å². The topological polar surface area (TPSA) is 77.3 Å². The number of rotatable bonds is 4. The number of methoxy groups -OCH3 is 1. The monoisotopic (exact) mass is 281 g/mol. The van der Waals surface area contributed by atoms with Gasteiger partial charge in [0.15, 0.2) is 17.4 Å². The van der Waals surface area contributed by atoms with Crippen LogP contribution in [0.15, 0.2) is 30.5 Å². The van der Waals surface area contributed by atoms with Crippen molar-refractivity contribution in [2.24, 2.45) is 0 Å². The Balaban J connectivity index is 2.30. The number of halogens is 2. The summed E-state index contributed by atoms with van der Waals surface area (Å²) in [6, 6.07) is 4.37. The fourth-order valence-corrected chi connectivity index (χ4v) is 1.58. The molecule has 0 saturated carbocycles. The Hall–Kier alpha value is -2.77. The molecule has 0 amide bonds. The maximum Gasteiger partial charge on any atom is 0.274 e. The van der Waals surface area contributed by atoms with Crippen LogP contribution >= 0.6 is 0 Å². The molecule has 0 fully saturated rings. The highest BCUT2D eigenvalue weighted by molar-refractivity contribution is 5.59. The first kappa shape index (κ1) is 13.7. The van der Waals surface area contributed by atoms with Crippen LogP contribution < -0.4 is 10.1 Å². The van der Waals surface area contributed by atoms with Crippen LogP contribution in [0, 0.1) is 21.7 Å². The molecule has 1 heterocycles. The highest BCUT2D eigenvalue weighted by Crippen LogP contribution is 2.27. The highest BCUT2D eigenvalue weighted by Gasteiger charge is 2.13. The zero-order valence-electron chi connectivity index (χ0n) is 10.3. The number of ether oxygens (including phenoxy) is 1. The van der Waals surface area contributed by atoms with Crippen LogP contribution in [0.1, 0.15) is 0 Å². The Morgan fingerprint density at radius 2 is 1.95 bits per heavy atom. The Kier molecular flexibility index (Phi) is 3.74. The average molecular weight is 281 g/mol. The predicted molar refractivity (Wildman–Crippen MR) is 67.1 cm³/mol. The van der Waals surface area contributed by atoms with Gasteiger partial charge in [0, 0.05) is 30.1 Å². The van der Waals surface area contributed by atoms with Gasteiger partial charge in [-0.25, -0.2) is 13.8 Å². The summed E-state index contributed by atoms with van der Waals surface area (Å²) in [7, 11) is 1.15. The van der Waals surface area contributed by atoms with E-state index in [1.807, 2.05) is 0 Å². The van der Waals surface area contributed by atoms with Crippen molar-refractivity contribution >= 4 is 17.2 Å². The quantitative estimate of drug-likeness (QED) is 0.688. The van der Waals surface area contributed by atoms with Gasteiger partial charge in [-0.2, -0.15) is 0 Å². The summed E-state index contributed by atoms with van der Waals surface area (Å²) in [5.41, 5.74) is -0.120. The second-order valence-corrected chi connectivity index (χ2v) is 3.75. The van der Waals surface area contributed by atoms with Crippen LogP contribution in [0.3, 0.4) is 0 Å². The minimum absolute atomic E-state index is 0.0637. The summed E-state index contributed by atoms with van der Waals surface area (Å²) in [5, 5.41) is 13.2. The van der Waals surface area contributed by atoms with Gasteiger partial charge in [0.25, 0.3) is 5.69 Å². The summed E-state index contributed by atoms with van der Waals surface area (Å²) in [6.45, 7) is 0. The zero-order chi connectivity index (χ0) is 14.7. The maximum atomic E-state index is 13.5. The molecule has 0 aliphatic heterocycles. The van der Waals surface area contributed by atoms with E-state index in [1.165, 1.54) is 12.3 Å². The SMILES string of the molecule is COc1c(F)cc(Nc2cc([N+](=O)[O-])ccn2)cc1F. The van der Waals surface area contributed by atoms with Crippen LogP contribution in [0.25, 0.3) is 0 Å². The average Bonchev–Trinajstić information content (AvgIpc) is 2.38. The van der Waals surface area contributed by atoms with E-state index in [-0.39, 0.29) is 17.2 Å². The van der Waals surface area contributed by atoms with Gasteiger partial charge in [-0.05, 0) is 0 Å². The lowest BCUT2D eigenvalue weighted by Crippen LogP contribution is -1.99. The van der Waals surface area contributed by atoms with Gasteiger partial charge in [-0.15, -0.1) is 0 Å². The van der Waals surface area contributed by atoms with Crippen molar-refractivity contribution in [3.05, 3.63) is 52.2 Å². The van der Waals surface area contributed by atoms with E-state index in [0.717, 1.165) is 25.3 Å².